The Morgan fingerprint density at radius 1 is 1.33 bits per heavy atom. The molecule has 0 fully saturated rings. The summed E-state index contributed by atoms with van der Waals surface area (Å²) in [5.74, 6) is 1.01. The van der Waals surface area contributed by atoms with Crippen LogP contribution in [0.25, 0.3) is 0 Å². The average Bonchev–Trinajstić information content (AvgIpc) is 2.54. The number of hydrazone groups is 1. The molecule has 3 N–H and O–H groups in total. The lowest BCUT2D eigenvalue weighted by Gasteiger charge is -2.13. The predicted octanol–water partition coefficient (Wildman–Crippen LogP) is 3.40. The first-order valence-electron chi connectivity index (χ1n) is 7.14. The van der Waals surface area contributed by atoms with Crippen molar-refractivity contribution in [1.29, 1.82) is 0 Å². The van der Waals surface area contributed by atoms with Crippen molar-refractivity contribution in [3.63, 3.8) is 0 Å². The van der Waals surface area contributed by atoms with Gasteiger partial charge in [0.15, 0.2) is 16.6 Å². The smallest absolute Gasteiger partial charge is 0.184 e. The summed E-state index contributed by atoms with van der Waals surface area (Å²) in [5.41, 5.74) is 10.8. The van der Waals surface area contributed by atoms with E-state index < -0.39 is 0 Å². The Bertz CT molecular complexity index is 748. The number of hydrogen-bond donors (Lipinski definition) is 2. The monoisotopic (exact) mass is 363 g/mol. The summed E-state index contributed by atoms with van der Waals surface area (Å²) in [6.07, 6.45) is 1.54. The maximum absolute atomic E-state index is 6.31. The van der Waals surface area contributed by atoms with Gasteiger partial charge in [0, 0.05) is 0 Å². The summed E-state index contributed by atoms with van der Waals surface area (Å²) in [4.78, 5) is 0. The van der Waals surface area contributed by atoms with Gasteiger partial charge < -0.3 is 15.2 Å². The number of benzene rings is 2. The highest BCUT2D eigenvalue weighted by Crippen LogP contribution is 2.36. The molecule has 0 aliphatic heterocycles. The van der Waals surface area contributed by atoms with E-state index in [4.69, 9.17) is 26.8 Å². The number of aryl methyl sites for hydroxylation is 1. The van der Waals surface area contributed by atoms with Crippen LogP contribution in [0, 0.1) is 6.92 Å². The molecule has 7 heteroatoms. The molecule has 0 aliphatic rings. The summed E-state index contributed by atoms with van der Waals surface area (Å²) in [6, 6.07) is 11.6. The lowest BCUT2D eigenvalue weighted by Crippen LogP contribution is -2.23. The fourth-order valence-corrected chi connectivity index (χ4v) is 2.29. The van der Waals surface area contributed by atoms with Crippen molar-refractivity contribution >= 4 is 35.1 Å². The molecule has 0 unspecified atom stereocenters. The topological polar surface area (TPSA) is 68.9 Å². The van der Waals surface area contributed by atoms with Crippen LogP contribution in [0.1, 0.15) is 16.7 Å². The van der Waals surface area contributed by atoms with Crippen molar-refractivity contribution in [1.82, 2.24) is 5.43 Å². The third kappa shape index (κ3) is 5.11. The zero-order chi connectivity index (χ0) is 17.5. The molecule has 2 aromatic carbocycles. The number of nitrogens with zero attached hydrogens (tertiary/aromatic N) is 1. The van der Waals surface area contributed by atoms with E-state index in [0.717, 1.165) is 11.1 Å². The molecule has 0 amide bonds. The average molecular weight is 364 g/mol. The number of thiocarbonyl (C=S) groups is 1. The van der Waals surface area contributed by atoms with Gasteiger partial charge in [0.25, 0.3) is 0 Å². The number of rotatable bonds is 6. The number of nitrogens with one attached hydrogen (secondary N) is 1. The van der Waals surface area contributed by atoms with E-state index in [2.05, 4.69) is 22.7 Å². The Kier molecular flexibility index (Phi) is 6.40. The molecule has 0 radical (unpaired) electrons. The van der Waals surface area contributed by atoms with Crippen LogP contribution in [0.4, 0.5) is 0 Å². The van der Waals surface area contributed by atoms with Crippen molar-refractivity contribution in [2.45, 2.75) is 13.5 Å². The second-order valence-corrected chi connectivity index (χ2v) is 5.89. The molecule has 0 bridgehead atoms. The fourth-order valence-electron chi connectivity index (χ4n) is 1.96. The fraction of sp³-hybridized carbons (Fsp3) is 0.176. The highest BCUT2D eigenvalue weighted by Gasteiger charge is 2.12. The molecule has 0 aromatic heterocycles. The van der Waals surface area contributed by atoms with Gasteiger partial charge in [-0.2, -0.15) is 5.10 Å². The molecule has 24 heavy (non-hydrogen) atoms. The Hall–Kier alpha value is -2.31. The van der Waals surface area contributed by atoms with E-state index in [9.17, 15) is 0 Å². The van der Waals surface area contributed by atoms with E-state index in [0.29, 0.717) is 23.1 Å². The number of halogens is 1. The SMILES string of the molecule is COc1cc(/C=N\NC(N)=S)cc(Cl)c1OCc1ccc(C)cc1. The highest BCUT2D eigenvalue weighted by molar-refractivity contribution is 7.80. The number of ether oxygens (including phenoxy) is 2. The summed E-state index contributed by atoms with van der Waals surface area (Å²) in [5, 5.41) is 4.41. The van der Waals surface area contributed by atoms with E-state index in [1.165, 1.54) is 11.8 Å². The van der Waals surface area contributed by atoms with E-state index in [-0.39, 0.29) is 5.11 Å². The van der Waals surface area contributed by atoms with Gasteiger partial charge in [-0.05, 0) is 42.4 Å². The van der Waals surface area contributed by atoms with Crippen molar-refractivity contribution in [2.24, 2.45) is 10.8 Å². The Morgan fingerprint density at radius 3 is 2.67 bits per heavy atom. The van der Waals surface area contributed by atoms with Gasteiger partial charge in [-0.15, -0.1) is 0 Å². The molecule has 2 rings (SSSR count). The maximum atomic E-state index is 6.31. The molecule has 0 spiro atoms. The quantitative estimate of drug-likeness (QED) is 0.467. The Morgan fingerprint density at radius 2 is 2.04 bits per heavy atom. The van der Waals surface area contributed by atoms with Crippen LogP contribution in [-0.4, -0.2) is 18.4 Å². The first kappa shape index (κ1) is 18.0. The van der Waals surface area contributed by atoms with Gasteiger partial charge >= 0.3 is 0 Å². The van der Waals surface area contributed by atoms with Crippen LogP contribution in [0.15, 0.2) is 41.5 Å². The highest BCUT2D eigenvalue weighted by atomic mass is 35.5. The van der Waals surface area contributed by atoms with Crippen LogP contribution >= 0.6 is 23.8 Å². The molecule has 2 aromatic rings. The number of nitrogens with two attached hydrogens (primary N) is 1. The summed E-state index contributed by atoms with van der Waals surface area (Å²) < 4.78 is 11.2. The summed E-state index contributed by atoms with van der Waals surface area (Å²) >= 11 is 11.0. The third-order valence-corrected chi connectivity index (χ3v) is 3.52. The summed E-state index contributed by atoms with van der Waals surface area (Å²) in [7, 11) is 1.55. The number of methoxy groups -OCH3 is 1. The van der Waals surface area contributed by atoms with Gasteiger partial charge in [0.2, 0.25) is 0 Å². The molecule has 0 heterocycles. The largest absolute Gasteiger partial charge is 0.493 e. The molecule has 0 saturated carbocycles. The maximum Gasteiger partial charge on any atom is 0.184 e. The first-order valence-corrected chi connectivity index (χ1v) is 7.92. The molecule has 126 valence electrons. The Balaban J connectivity index is 2.15. The van der Waals surface area contributed by atoms with Gasteiger partial charge in [-0.3, -0.25) is 5.43 Å². The molecule has 5 nitrogen and oxygen atoms in total. The lowest BCUT2D eigenvalue weighted by atomic mass is 10.1. The second-order valence-electron chi connectivity index (χ2n) is 5.04. The van der Waals surface area contributed by atoms with Crippen LogP contribution in [0.5, 0.6) is 11.5 Å². The summed E-state index contributed by atoms with van der Waals surface area (Å²) in [6.45, 7) is 2.43. The molecular formula is C17H18ClN3O2S. The van der Waals surface area contributed by atoms with Gasteiger partial charge in [-0.25, -0.2) is 0 Å². The van der Waals surface area contributed by atoms with E-state index in [1.807, 2.05) is 31.2 Å². The van der Waals surface area contributed by atoms with Gasteiger partial charge in [0.1, 0.15) is 6.61 Å². The molecule has 0 aliphatic carbocycles. The lowest BCUT2D eigenvalue weighted by molar-refractivity contribution is 0.284. The van der Waals surface area contributed by atoms with Crippen LogP contribution in [-0.2, 0) is 6.61 Å². The molecule has 0 atom stereocenters. The van der Waals surface area contributed by atoms with Gasteiger partial charge in [0.05, 0.1) is 18.3 Å². The van der Waals surface area contributed by atoms with Crippen LogP contribution in [0.2, 0.25) is 5.02 Å². The predicted molar refractivity (Wildman–Crippen MR) is 101 cm³/mol. The molecule has 0 saturated heterocycles. The van der Waals surface area contributed by atoms with Crippen molar-refractivity contribution in [2.75, 3.05) is 7.11 Å². The third-order valence-electron chi connectivity index (χ3n) is 3.14. The van der Waals surface area contributed by atoms with Crippen molar-refractivity contribution in [3.8, 4) is 11.5 Å². The van der Waals surface area contributed by atoms with Crippen LogP contribution < -0.4 is 20.6 Å². The zero-order valence-corrected chi connectivity index (χ0v) is 14.9. The minimum Gasteiger partial charge on any atom is -0.493 e. The standard InChI is InChI=1S/C17H18ClN3O2S/c1-11-3-5-12(6-4-11)10-23-16-14(18)7-13(8-15(16)22-2)9-20-21-17(19)24/h3-9H,10H2,1-2H3,(H3,19,21,24)/b20-9-. The normalized spacial score (nSPS) is 10.6. The van der Waals surface area contributed by atoms with E-state index in [1.54, 1.807) is 19.2 Å². The first-order chi connectivity index (χ1) is 11.5. The van der Waals surface area contributed by atoms with Crippen molar-refractivity contribution in [3.05, 3.63) is 58.1 Å². The van der Waals surface area contributed by atoms with E-state index >= 15 is 0 Å². The second kappa shape index (κ2) is 8.52. The van der Waals surface area contributed by atoms with Gasteiger partial charge in [-0.1, -0.05) is 41.4 Å². The molecular weight excluding hydrogens is 346 g/mol. The Labute approximate surface area is 151 Å². The minimum absolute atomic E-state index is 0.0855. The zero-order valence-electron chi connectivity index (χ0n) is 13.4. The van der Waals surface area contributed by atoms with Crippen LogP contribution in [0.3, 0.4) is 0 Å². The minimum atomic E-state index is 0.0855. The van der Waals surface area contributed by atoms with Crippen molar-refractivity contribution < 1.29 is 9.47 Å². The number of hydrogen-bond acceptors (Lipinski definition) is 4.